The van der Waals surface area contributed by atoms with Gasteiger partial charge in [0, 0.05) is 5.75 Å². The standard InChI is InChI=1S/C7H14O2S2/c1-2-9-7(8)6(5-11)3-4-10/h6,10-11H,2-5H2,1H3. The quantitative estimate of drug-likeness (QED) is 0.511. The predicted molar refractivity (Wildman–Crippen MR) is 52.4 cm³/mol. The van der Waals surface area contributed by atoms with Gasteiger partial charge in [0.05, 0.1) is 12.5 Å². The lowest BCUT2D eigenvalue weighted by molar-refractivity contribution is -0.147. The average molecular weight is 194 g/mol. The van der Waals surface area contributed by atoms with E-state index in [2.05, 4.69) is 25.3 Å². The molecule has 0 aromatic carbocycles. The number of thiol groups is 2. The van der Waals surface area contributed by atoms with Crippen molar-refractivity contribution >= 4 is 31.2 Å². The van der Waals surface area contributed by atoms with E-state index in [1.54, 1.807) is 6.92 Å². The van der Waals surface area contributed by atoms with Crippen LogP contribution in [0.3, 0.4) is 0 Å². The summed E-state index contributed by atoms with van der Waals surface area (Å²) < 4.78 is 4.83. The third-order valence-corrected chi connectivity index (χ3v) is 2.02. The molecule has 0 aromatic rings. The number of hydrogen-bond donors (Lipinski definition) is 2. The number of hydrogen-bond acceptors (Lipinski definition) is 4. The van der Waals surface area contributed by atoms with Crippen LogP contribution in [0.1, 0.15) is 13.3 Å². The fourth-order valence-corrected chi connectivity index (χ4v) is 1.34. The smallest absolute Gasteiger partial charge is 0.309 e. The van der Waals surface area contributed by atoms with Crippen molar-refractivity contribution in [2.24, 2.45) is 5.92 Å². The summed E-state index contributed by atoms with van der Waals surface area (Å²) in [6.07, 6.45) is 0.742. The molecule has 1 unspecified atom stereocenters. The summed E-state index contributed by atoms with van der Waals surface area (Å²) in [6.45, 7) is 2.24. The van der Waals surface area contributed by atoms with Crippen LogP contribution in [-0.2, 0) is 9.53 Å². The summed E-state index contributed by atoms with van der Waals surface area (Å²) in [4.78, 5) is 11.1. The van der Waals surface area contributed by atoms with Crippen LogP contribution in [-0.4, -0.2) is 24.1 Å². The number of esters is 1. The summed E-state index contributed by atoms with van der Waals surface area (Å²) in [5.41, 5.74) is 0. The minimum Gasteiger partial charge on any atom is -0.466 e. The summed E-state index contributed by atoms with van der Waals surface area (Å²) in [5.74, 6) is 0.996. The molecule has 0 rings (SSSR count). The third kappa shape index (κ3) is 4.58. The maximum Gasteiger partial charge on any atom is 0.309 e. The van der Waals surface area contributed by atoms with Crippen molar-refractivity contribution in [2.75, 3.05) is 18.1 Å². The second-order valence-electron chi connectivity index (χ2n) is 2.14. The van der Waals surface area contributed by atoms with E-state index in [0.29, 0.717) is 18.1 Å². The highest BCUT2D eigenvalue weighted by atomic mass is 32.1. The van der Waals surface area contributed by atoms with Crippen LogP contribution in [0.2, 0.25) is 0 Å². The van der Waals surface area contributed by atoms with E-state index in [-0.39, 0.29) is 11.9 Å². The maximum absolute atomic E-state index is 11.1. The van der Waals surface area contributed by atoms with E-state index < -0.39 is 0 Å². The van der Waals surface area contributed by atoms with Crippen molar-refractivity contribution in [3.63, 3.8) is 0 Å². The van der Waals surface area contributed by atoms with Gasteiger partial charge in [0.25, 0.3) is 0 Å². The van der Waals surface area contributed by atoms with Gasteiger partial charge < -0.3 is 4.74 Å². The molecule has 0 spiro atoms. The molecule has 0 radical (unpaired) electrons. The van der Waals surface area contributed by atoms with Gasteiger partial charge in [-0.3, -0.25) is 4.79 Å². The summed E-state index contributed by atoms with van der Waals surface area (Å²) in [6, 6.07) is 0. The van der Waals surface area contributed by atoms with Crippen LogP contribution >= 0.6 is 25.3 Å². The Hall–Kier alpha value is 0.170. The first-order valence-electron chi connectivity index (χ1n) is 3.64. The molecule has 0 heterocycles. The fourth-order valence-electron chi connectivity index (χ4n) is 0.700. The van der Waals surface area contributed by atoms with Crippen LogP contribution in [0, 0.1) is 5.92 Å². The van der Waals surface area contributed by atoms with E-state index in [9.17, 15) is 4.79 Å². The third-order valence-electron chi connectivity index (χ3n) is 1.32. The maximum atomic E-state index is 11.1. The zero-order valence-corrected chi connectivity index (χ0v) is 8.41. The topological polar surface area (TPSA) is 26.3 Å². The Bertz CT molecular complexity index is 117. The van der Waals surface area contributed by atoms with E-state index in [1.165, 1.54) is 0 Å². The molecular weight excluding hydrogens is 180 g/mol. The lowest BCUT2D eigenvalue weighted by Gasteiger charge is -2.10. The van der Waals surface area contributed by atoms with Gasteiger partial charge in [-0.15, -0.1) is 0 Å². The highest BCUT2D eigenvalue weighted by molar-refractivity contribution is 7.80. The van der Waals surface area contributed by atoms with Gasteiger partial charge in [-0.1, -0.05) is 0 Å². The number of carbonyl (C=O) groups excluding carboxylic acids is 1. The Kier molecular flexibility index (Phi) is 6.96. The van der Waals surface area contributed by atoms with Crippen molar-refractivity contribution < 1.29 is 9.53 Å². The van der Waals surface area contributed by atoms with Gasteiger partial charge in [-0.05, 0) is 19.1 Å². The first kappa shape index (κ1) is 11.2. The van der Waals surface area contributed by atoms with Gasteiger partial charge in [0.2, 0.25) is 0 Å². The molecule has 0 saturated heterocycles. The highest BCUT2D eigenvalue weighted by Crippen LogP contribution is 2.08. The van der Waals surface area contributed by atoms with Crippen LogP contribution < -0.4 is 0 Å². The summed E-state index contributed by atoms with van der Waals surface area (Å²) >= 11 is 8.08. The number of carbonyl (C=O) groups is 1. The van der Waals surface area contributed by atoms with Crippen LogP contribution in [0.25, 0.3) is 0 Å². The first-order chi connectivity index (χ1) is 5.26. The van der Waals surface area contributed by atoms with Gasteiger partial charge in [0.15, 0.2) is 0 Å². The molecule has 1 atom stereocenters. The normalized spacial score (nSPS) is 12.6. The minimum absolute atomic E-state index is 0.0872. The van der Waals surface area contributed by atoms with Crippen LogP contribution in [0.5, 0.6) is 0 Å². The predicted octanol–water partition coefficient (Wildman–Crippen LogP) is 1.42. The fraction of sp³-hybridized carbons (Fsp3) is 0.857. The molecule has 11 heavy (non-hydrogen) atoms. The molecule has 2 nitrogen and oxygen atoms in total. The molecule has 66 valence electrons. The lowest BCUT2D eigenvalue weighted by atomic mass is 10.1. The van der Waals surface area contributed by atoms with Crippen molar-refractivity contribution in [2.45, 2.75) is 13.3 Å². The molecule has 0 aromatic heterocycles. The molecule has 0 bridgehead atoms. The van der Waals surface area contributed by atoms with Crippen molar-refractivity contribution in [1.29, 1.82) is 0 Å². The SMILES string of the molecule is CCOC(=O)C(CS)CCS. The molecule has 0 aliphatic heterocycles. The Morgan fingerprint density at radius 3 is 2.55 bits per heavy atom. The monoisotopic (exact) mass is 194 g/mol. The largest absolute Gasteiger partial charge is 0.466 e. The molecule has 4 heteroatoms. The molecule has 0 fully saturated rings. The van der Waals surface area contributed by atoms with E-state index in [1.807, 2.05) is 0 Å². The van der Waals surface area contributed by atoms with Crippen LogP contribution in [0.4, 0.5) is 0 Å². The molecule has 0 N–H and O–H groups in total. The van der Waals surface area contributed by atoms with Crippen molar-refractivity contribution in [3.8, 4) is 0 Å². The minimum atomic E-state index is -0.156. The molecule has 0 aliphatic carbocycles. The lowest BCUT2D eigenvalue weighted by Crippen LogP contribution is -2.19. The number of rotatable bonds is 5. The van der Waals surface area contributed by atoms with Crippen LogP contribution in [0.15, 0.2) is 0 Å². The highest BCUT2D eigenvalue weighted by Gasteiger charge is 2.16. The average Bonchev–Trinajstić information content (AvgIpc) is 2.00. The Labute approximate surface area is 78.5 Å². The van der Waals surface area contributed by atoms with E-state index >= 15 is 0 Å². The van der Waals surface area contributed by atoms with Crippen molar-refractivity contribution in [1.82, 2.24) is 0 Å². The van der Waals surface area contributed by atoms with Gasteiger partial charge in [0.1, 0.15) is 0 Å². The molecule has 0 amide bonds. The van der Waals surface area contributed by atoms with Gasteiger partial charge in [-0.25, -0.2) is 0 Å². The van der Waals surface area contributed by atoms with Gasteiger partial charge >= 0.3 is 5.97 Å². The molecule has 0 saturated carbocycles. The summed E-state index contributed by atoms with van der Waals surface area (Å²) in [7, 11) is 0. The Balaban J connectivity index is 3.71. The molecular formula is C7H14O2S2. The van der Waals surface area contributed by atoms with Crippen molar-refractivity contribution in [3.05, 3.63) is 0 Å². The molecule has 0 aliphatic rings. The Morgan fingerprint density at radius 2 is 2.18 bits per heavy atom. The van der Waals surface area contributed by atoms with Gasteiger partial charge in [-0.2, -0.15) is 25.3 Å². The second kappa shape index (κ2) is 6.85. The first-order valence-corrected chi connectivity index (χ1v) is 4.91. The summed E-state index contributed by atoms with van der Waals surface area (Å²) in [5, 5.41) is 0. The van der Waals surface area contributed by atoms with E-state index in [0.717, 1.165) is 6.42 Å². The zero-order chi connectivity index (χ0) is 8.69. The second-order valence-corrected chi connectivity index (χ2v) is 2.96. The van der Waals surface area contributed by atoms with E-state index in [4.69, 9.17) is 4.74 Å². The Morgan fingerprint density at radius 1 is 1.55 bits per heavy atom. The zero-order valence-electron chi connectivity index (χ0n) is 6.62. The number of ether oxygens (including phenoxy) is 1.